The molecule has 1 atom stereocenters. The van der Waals surface area contributed by atoms with E-state index in [9.17, 15) is 0 Å². The predicted octanol–water partition coefficient (Wildman–Crippen LogP) is 1.95. The molecule has 6 heteroatoms. The molecule has 0 fully saturated rings. The lowest BCUT2D eigenvalue weighted by molar-refractivity contribution is 0.149. The number of aryl methyl sites for hydroxylation is 1. The Bertz CT molecular complexity index is 605. The molecule has 6 nitrogen and oxygen atoms in total. The van der Waals surface area contributed by atoms with Gasteiger partial charge in [0, 0.05) is 51.1 Å². The molecule has 0 radical (unpaired) electrons. The van der Waals surface area contributed by atoms with Gasteiger partial charge in [-0.05, 0) is 13.8 Å². The smallest absolute Gasteiger partial charge is 0.133 e. The first-order valence-electron chi connectivity index (χ1n) is 7.38. The molecule has 0 amide bonds. The Hall–Kier alpha value is -1.66. The molecule has 3 heterocycles. The van der Waals surface area contributed by atoms with Crippen LogP contribution in [0, 0.1) is 6.92 Å². The van der Waals surface area contributed by atoms with Gasteiger partial charge in [0.25, 0.3) is 0 Å². The van der Waals surface area contributed by atoms with Gasteiger partial charge in [-0.2, -0.15) is 0 Å². The molecule has 1 aliphatic rings. The van der Waals surface area contributed by atoms with Crippen molar-refractivity contribution in [2.45, 2.75) is 39.4 Å². The van der Waals surface area contributed by atoms with Crippen molar-refractivity contribution in [3.8, 4) is 0 Å². The van der Waals surface area contributed by atoms with Crippen LogP contribution in [0.1, 0.15) is 35.9 Å². The van der Waals surface area contributed by atoms with Crippen molar-refractivity contribution in [3.63, 3.8) is 0 Å². The lowest BCUT2D eigenvalue weighted by Crippen LogP contribution is -2.37. The number of methoxy groups -OCH3 is 1. The third-order valence-electron chi connectivity index (χ3n) is 4.11. The maximum atomic E-state index is 5.17. The molecule has 0 saturated carbocycles. The number of hydrogen-bond acceptors (Lipinski definition) is 5. The fourth-order valence-electron chi connectivity index (χ4n) is 2.93. The van der Waals surface area contributed by atoms with E-state index in [0.717, 1.165) is 49.9 Å². The zero-order chi connectivity index (χ0) is 14.8. The molecule has 0 aromatic carbocycles. The molecule has 3 rings (SSSR count). The van der Waals surface area contributed by atoms with E-state index in [4.69, 9.17) is 9.26 Å². The van der Waals surface area contributed by atoms with E-state index in [-0.39, 0.29) is 6.04 Å². The SMILES string of the molecule is COCCc1cnc2n1CCN(Cc1cc(C)on1)C2C. The number of hydrogen-bond donors (Lipinski definition) is 0. The number of aromatic nitrogens is 3. The topological polar surface area (TPSA) is 56.3 Å². The van der Waals surface area contributed by atoms with Crippen LogP contribution in [0.4, 0.5) is 0 Å². The quantitative estimate of drug-likeness (QED) is 0.842. The molecule has 2 aromatic rings. The summed E-state index contributed by atoms with van der Waals surface area (Å²) in [7, 11) is 1.73. The fourth-order valence-corrected chi connectivity index (χ4v) is 2.93. The standard InChI is InChI=1S/C15H22N4O2/c1-11-8-13(17-21-11)10-18-5-6-19-14(4-7-20-3)9-16-15(19)12(18)2/h8-9,12H,4-7,10H2,1-3H3. The molecule has 1 aliphatic heterocycles. The third kappa shape index (κ3) is 2.87. The monoisotopic (exact) mass is 290 g/mol. The lowest BCUT2D eigenvalue weighted by Gasteiger charge is -2.33. The van der Waals surface area contributed by atoms with Crippen LogP contribution in [-0.4, -0.2) is 39.9 Å². The maximum Gasteiger partial charge on any atom is 0.133 e. The van der Waals surface area contributed by atoms with Crippen LogP contribution in [0.3, 0.4) is 0 Å². The highest BCUT2D eigenvalue weighted by Gasteiger charge is 2.27. The van der Waals surface area contributed by atoms with Crippen LogP contribution < -0.4 is 0 Å². The molecular weight excluding hydrogens is 268 g/mol. The highest BCUT2D eigenvalue weighted by atomic mass is 16.5. The first kappa shape index (κ1) is 14.3. The Balaban J connectivity index is 1.73. The summed E-state index contributed by atoms with van der Waals surface area (Å²) in [5.74, 6) is 1.99. The van der Waals surface area contributed by atoms with Crippen molar-refractivity contribution < 1.29 is 9.26 Å². The van der Waals surface area contributed by atoms with E-state index in [2.05, 4.69) is 26.5 Å². The Morgan fingerprint density at radius 3 is 3.00 bits per heavy atom. The first-order chi connectivity index (χ1) is 10.2. The van der Waals surface area contributed by atoms with Crippen molar-refractivity contribution in [2.75, 3.05) is 20.3 Å². The minimum atomic E-state index is 0.284. The molecular formula is C15H22N4O2. The van der Waals surface area contributed by atoms with E-state index in [0.29, 0.717) is 0 Å². The zero-order valence-corrected chi connectivity index (χ0v) is 12.9. The van der Waals surface area contributed by atoms with Gasteiger partial charge in [0.1, 0.15) is 11.6 Å². The predicted molar refractivity (Wildman–Crippen MR) is 77.9 cm³/mol. The number of fused-ring (bicyclic) bond motifs is 1. The molecule has 21 heavy (non-hydrogen) atoms. The van der Waals surface area contributed by atoms with Crippen molar-refractivity contribution in [1.82, 2.24) is 19.6 Å². The number of imidazole rings is 1. The van der Waals surface area contributed by atoms with Gasteiger partial charge in [-0.15, -0.1) is 0 Å². The average molecular weight is 290 g/mol. The maximum absolute atomic E-state index is 5.17. The molecule has 0 saturated heterocycles. The Kier molecular flexibility index (Phi) is 4.07. The third-order valence-corrected chi connectivity index (χ3v) is 4.11. The Labute approximate surface area is 124 Å². The van der Waals surface area contributed by atoms with Crippen LogP contribution >= 0.6 is 0 Å². The molecule has 114 valence electrons. The van der Waals surface area contributed by atoms with Crippen LogP contribution in [0.15, 0.2) is 16.8 Å². The minimum Gasteiger partial charge on any atom is -0.384 e. The van der Waals surface area contributed by atoms with Gasteiger partial charge >= 0.3 is 0 Å². The largest absolute Gasteiger partial charge is 0.384 e. The molecule has 1 unspecified atom stereocenters. The van der Waals surface area contributed by atoms with Gasteiger partial charge in [-0.25, -0.2) is 4.98 Å². The first-order valence-corrected chi connectivity index (χ1v) is 7.38. The van der Waals surface area contributed by atoms with E-state index in [1.165, 1.54) is 5.69 Å². The molecule has 0 bridgehead atoms. The number of nitrogens with zero attached hydrogens (tertiary/aromatic N) is 4. The summed E-state index contributed by atoms with van der Waals surface area (Å²) in [5, 5.41) is 4.09. The lowest BCUT2D eigenvalue weighted by atomic mass is 10.2. The molecule has 0 spiro atoms. The van der Waals surface area contributed by atoms with Crippen molar-refractivity contribution in [1.29, 1.82) is 0 Å². The van der Waals surface area contributed by atoms with Crippen LogP contribution in [0.25, 0.3) is 0 Å². The zero-order valence-electron chi connectivity index (χ0n) is 12.9. The summed E-state index contributed by atoms with van der Waals surface area (Å²) < 4.78 is 12.6. The summed E-state index contributed by atoms with van der Waals surface area (Å²) >= 11 is 0. The summed E-state index contributed by atoms with van der Waals surface area (Å²) in [4.78, 5) is 7.00. The van der Waals surface area contributed by atoms with E-state index in [1.807, 2.05) is 19.2 Å². The number of ether oxygens (including phenoxy) is 1. The Morgan fingerprint density at radius 2 is 2.29 bits per heavy atom. The van der Waals surface area contributed by atoms with Crippen LogP contribution in [-0.2, 0) is 24.2 Å². The summed E-state index contributed by atoms with van der Waals surface area (Å²) in [6.45, 7) is 7.63. The van der Waals surface area contributed by atoms with Gasteiger partial charge in [0.15, 0.2) is 0 Å². The van der Waals surface area contributed by atoms with Gasteiger partial charge in [-0.1, -0.05) is 5.16 Å². The highest BCUT2D eigenvalue weighted by molar-refractivity contribution is 5.12. The van der Waals surface area contributed by atoms with Crippen molar-refractivity contribution >= 4 is 0 Å². The second-order valence-corrected chi connectivity index (χ2v) is 5.58. The summed E-state index contributed by atoms with van der Waals surface area (Å²) in [6, 6.07) is 2.28. The van der Waals surface area contributed by atoms with E-state index < -0.39 is 0 Å². The minimum absolute atomic E-state index is 0.284. The molecule has 0 N–H and O–H groups in total. The summed E-state index contributed by atoms with van der Waals surface area (Å²) in [5.41, 5.74) is 2.24. The highest BCUT2D eigenvalue weighted by Crippen LogP contribution is 2.26. The van der Waals surface area contributed by atoms with Crippen molar-refractivity contribution in [2.24, 2.45) is 0 Å². The molecule has 2 aromatic heterocycles. The van der Waals surface area contributed by atoms with Gasteiger partial charge < -0.3 is 13.8 Å². The normalized spacial score (nSPS) is 18.9. The van der Waals surface area contributed by atoms with E-state index >= 15 is 0 Å². The fraction of sp³-hybridized carbons (Fsp3) is 0.600. The second-order valence-electron chi connectivity index (χ2n) is 5.58. The second kappa shape index (κ2) is 5.99. The van der Waals surface area contributed by atoms with Gasteiger partial charge in [0.05, 0.1) is 18.3 Å². The van der Waals surface area contributed by atoms with Crippen LogP contribution in [0.5, 0.6) is 0 Å². The van der Waals surface area contributed by atoms with Gasteiger partial charge in [0.2, 0.25) is 0 Å². The van der Waals surface area contributed by atoms with Crippen LogP contribution in [0.2, 0.25) is 0 Å². The average Bonchev–Trinajstić information content (AvgIpc) is 3.06. The summed E-state index contributed by atoms with van der Waals surface area (Å²) in [6.07, 6.45) is 2.90. The Morgan fingerprint density at radius 1 is 1.43 bits per heavy atom. The number of rotatable bonds is 5. The van der Waals surface area contributed by atoms with E-state index in [1.54, 1.807) is 7.11 Å². The molecule has 0 aliphatic carbocycles. The van der Waals surface area contributed by atoms with Gasteiger partial charge in [-0.3, -0.25) is 4.90 Å². The van der Waals surface area contributed by atoms with Crippen molar-refractivity contribution in [3.05, 3.63) is 35.2 Å².